The SMILES string of the molecule is CC.Cc1ccc(Nc2c(C(=O)NOCC(O)CO)c3c(c(=O)n2C)CCC3)c(F)c1. The van der Waals surface area contributed by atoms with Gasteiger partial charge in [0.2, 0.25) is 0 Å². The molecule has 1 amide bonds. The molecular weight excluding hydrogens is 405 g/mol. The minimum atomic E-state index is -1.14. The Morgan fingerprint density at radius 3 is 2.61 bits per heavy atom. The van der Waals surface area contributed by atoms with Crippen LogP contribution in [-0.4, -0.2) is 40.0 Å². The van der Waals surface area contributed by atoms with Crippen molar-refractivity contribution in [3.05, 3.63) is 56.6 Å². The van der Waals surface area contributed by atoms with Crippen molar-refractivity contribution in [1.82, 2.24) is 10.0 Å². The minimum Gasteiger partial charge on any atom is -0.394 e. The Hall–Kier alpha value is -2.75. The van der Waals surface area contributed by atoms with Gasteiger partial charge in [-0.15, -0.1) is 0 Å². The van der Waals surface area contributed by atoms with Crippen LogP contribution in [-0.2, 0) is 24.7 Å². The predicted octanol–water partition coefficient (Wildman–Crippen LogP) is 2.11. The largest absolute Gasteiger partial charge is 0.394 e. The summed E-state index contributed by atoms with van der Waals surface area (Å²) < 4.78 is 15.7. The second kappa shape index (κ2) is 11.0. The first-order valence-electron chi connectivity index (χ1n) is 10.3. The average molecular weight is 435 g/mol. The third kappa shape index (κ3) is 5.49. The highest BCUT2D eigenvalue weighted by molar-refractivity contribution is 6.01. The summed E-state index contributed by atoms with van der Waals surface area (Å²) in [6.45, 7) is 4.95. The number of anilines is 2. The molecule has 1 atom stereocenters. The van der Waals surface area contributed by atoms with Crippen molar-refractivity contribution in [3.8, 4) is 0 Å². The van der Waals surface area contributed by atoms with E-state index in [0.29, 0.717) is 24.0 Å². The van der Waals surface area contributed by atoms with Crippen molar-refractivity contribution >= 4 is 17.4 Å². The molecule has 0 spiro atoms. The van der Waals surface area contributed by atoms with Gasteiger partial charge in [-0.2, -0.15) is 0 Å². The van der Waals surface area contributed by atoms with E-state index in [0.717, 1.165) is 12.0 Å². The van der Waals surface area contributed by atoms with Crippen LogP contribution in [0.15, 0.2) is 23.0 Å². The quantitative estimate of drug-likeness (QED) is 0.496. The van der Waals surface area contributed by atoms with Crippen LogP contribution in [0.4, 0.5) is 15.9 Å². The summed E-state index contributed by atoms with van der Waals surface area (Å²) in [5.41, 5.74) is 4.22. The number of carbonyl (C=O) groups is 1. The zero-order valence-electron chi connectivity index (χ0n) is 18.3. The van der Waals surface area contributed by atoms with Crippen molar-refractivity contribution in [1.29, 1.82) is 0 Å². The van der Waals surface area contributed by atoms with E-state index in [9.17, 15) is 19.1 Å². The molecule has 0 saturated carbocycles. The number of pyridine rings is 1. The maximum absolute atomic E-state index is 14.4. The minimum absolute atomic E-state index is 0.134. The lowest BCUT2D eigenvalue weighted by Gasteiger charge is -2.20. The smallest absolute Gasteiger partial charge is 0.278 e. The van der Waals surface area contributed by atoms with Crippen molar-refractivity contribution in [2.45, 2.75) is 46.1 Å². The molecule has 0 bridgehead atoms. The van der Waals surface area contributed by atoms with E-state index >= 15 is 0 Å². The molecule has 0 radical (unpaired) electrons. The summed E-state index contributed by atoms with van der Waals surface area (Å²) in [5, 5.41) is 21.1. The summed E-state index contributed by atoms with van der Waals surface area (Å²) in [4.78, 5) is 30.6. The Bertz CT molecular complexity index is 990. The number of amides is 1. The van der Waals surface area contributed by atoms with Crippen molar-refractivity contribution in [3.63, 3.8) is 0 Å². The Kier molecular flexibility index (Phi) is 8.73. The monoisotopic (exact) mass is 435 g/mol. The zero-order valence-corrected chi connectivity index (χ0v) is 18.3. The van der Waals surface area contributed by atoms with E-state index in [2.05, 4.69) is 10.8 Å². The number of aliphatic hydroxyl groups excluding tert-OH is 2. The molecule has 31 heavy (non-hydrogen) atoms. The molecule has 1 aliphatic carbocycles. The number of rotatable bonds is 7. The molecular formula is C22H30FN3O5. The maximum atomic E-state index is 14.4. The summed E-state index contributed by atoms with van der Waals surface area (Å²) in [6.07, 6.45) is 0.696. The Morgan fingerprint density at radius 1 is 1.29 bits per heavy atom. The highest BCUT2D eigenvalue weighted by atomic mass is 19.1. The van der Waals surface area contributed by atoms with E-state index in [1.165, 1.54) is 23.7 Å². The average Bonchev–Trinajstić information content (AvgIpc) is 3.24. The summed E-state index contributed by atoms with van der Waals surface area (Å²) in [6, 6.07) is 4.61. The lowest BCUT2D eigenvalue weighted by Crippen LogP contribution is -2.33. The molecule has 1 aromatic carbocycles. The van der Waals surface area contributed by atoms with Crippen LogP contribution in [0.5, 0.6) is 0 Å². The van der Waals surface area contributed by atoms with Crippen LogP contribution in [0.25, 0.3) is 0 Å². The van der Waals surface area contributed by atoms with Crippen LogP contribution in [0, 0.1) is 12.7 Å². The number of nitrogens with one attached hydrogen (secondary N) is 2. The number of carbonyl (C=O) groups excluding carboxylic acids is 1. The molecule has 2 aromatic rings. The van der Waals surface area contributed by atoms with Crippen LogP contribution in [0.2, 0.25) is 0 Å². The van der Waals surface area contributed by atoms with Crippen LogP contribution >= 0.6 is 0 Å². The molecule has 1 unspecified atom stereocenters. The van der Waals surface area contributed by atoms with E-state index in [1.54, 1.807) is 13.0 Å². The lowest BCUT2D eigenvalue weighted by molar-refractivity contribution is -0.0295. The van der Waals surface area contributed by atoms with Gasteiger partial charge >= 0.3 is 0 Å². The van der Waals surface area contributed by atoms with Crippen molar-refractivity contribution < 1.29 is 24.2 Å². The summed E-state index contributed by atoms with van der Waals surface area (Å²) >= 11 is 0. The third-order valence-corrected chi connectivity index (χ3v) is 4.91. The fourth-order valence-corrected chi connectivity index (χ4v) is 3.42. The molecule has 0 aliphatic heterocycles. The van der Waals surface area contributed by atoms with Crippen molar-refractivity contribution in [2.24, 2.45) is 7.05 Å². The molecule has 0 fully saturated rings. The molecule has 1 aromatic heterocycles. The van der Waals surface area contributed by atoms with Gasteiger partial charge in [0.15, 0.2) is 0 Å². The number of aromatic nitrogens is 1. The molecule has 1 heterocycles. The third-order valence-electron chi connectivity index (χ3n) is 4.91. The van der Waals surface area contributed by atoms with Gasteiger partial charge in [0.1, 0.15) is 24.3 Å². The molecule has 9 heteroatoms. The number of aryl methyl sites for hydroxylation is 1. The Balaban J connectivity index is 0.00000166. The predicted molar refractivity (Wildman–Crippen MR) is 116 cm³/mol. The van der Waals surface area contributed by atoms with Gasteiger partial charge in [0, 0.05) is 12.6 Å². The van der Waals surface area contributed by atoms with E-state index in [-0.39, 0.29) is 29.2 Å². The number of halogens is 1. The first-order chi connectivity index (χ1) is 14.8. The van der Waals surface area contributed by atoms with Crippen LogP contribution in [0.3, 0.4) is 0 Å². The lowest BCUT2D eigenvalue weighted by atomic mass is 10.0. The second-order valence-electron chi connectivity index (χ2n) is 7.09. The molecule has 1 aliphatic rings. The standard InChI is InChI=1S/C20H24FN3O5.C2H6/c1-11-6-7-16(15(21)8-11)22-18-17(19(27)23-29-10-12(26)9-25)13-4-3-5-14(13)20(28)24(18)2;1-2/h6-8,12,22,25-26H,3-5,9-10H2,1-2H3,(H,23,27);1-2H3. The van der Waals surface area contributed by atoms with E-state index in [4.69, 9.17) is 9.94 Å². The van der Waals surface area contributed by atoms with Crippen molar-refractivity contribution in [2.75, 3.05) is 18.5 Å². The molecule has 8 nitrogen and oxygen atoms in total. The summed E-state index contributed by atoms with van der Waals surface area (Å²) in [7, 11) is 1.52. The number of hydrogen-bond donors (Lipinski definition) is 4. The number of benzene rings is 1. The van der Waals surface area contributed by atoms with Gasteiger partial charge in [-0.05, 0) is 49.4 Å². The highest BCUT2D eigenvalue weighted by Gasteiger charge is 2.28. The van der Waals surface area contributed by atoms with E-state index in [1.807, 2.05) is 13.8 Å². The van der Waals surface area contributed by atoms with Crippen LogP contribution in [0.1, 0.15) is 47.3 Å². The normalized spacial score (nSPS) is 13.1. The Labute approximate surface area is 180 Å². The zero-order chi connectivity index (χ0) is 23.1. The maximum Gasteiger partial charge on any atom is 0.278 e. The number of hydroxylamine groups is 1. The number of fused-ring (bicyclic) bond motifs is 1. The van der Waals surface area contributed by atoms with Gasteiger partial charge in [0.25, 0.3) is 11.5 Å². The topological polar surface area (TPSA) is 113 Å². The van der Waals surface area contributed by atoms with Gasteiger partial charge in [-0.3, -0.25) is 19.0 Å². The number of hydrogen-bond acceptors (Lipinski definition) is 6. The first kappa shape index (κ1) is 24.5. The molecule has 3 rings (SSSR count). The van der Waals surface area contributed by atoms with Gasteiger partial charge in [0.05, 0.1) is 17.9 Å². The number of aliphatic hydroxyl groups is 2. The molecule has 170 valence electrons. The summed E-state index contributed by atoms with van der Waals surface area (Å²) in [5.74, 6) is -0.979. The number of nitrogens with zero attached hydrogens (tertiary/aromatic N) is 1. The van der Waals surface area contributed by atoms with Crippen LogP contribution < -0.4 is 16.4 Å². The van der Waals surface area contributed by atoms with Gasteiger partial charge in [-0.1, -0.05) is 19.9 Å². The Morgan fingerprint density at radius 2 is 1.97 bits per heavy atom. The fraction of sp³-hybridized carbons (Fsp3) is 0.455. The second-order valence-corrected chi connectivity index (χ2v) is 7.09. The highest BCUT2D eigenvalue weighted by Crippen LogP contribution is 2.30. The van der Waals surface area contributed by atoms with Gasteiger partial charge < -0.3 is 15.5 Å². The first-order valence-corrected chi connectivity index (χ1v) is 10.3. The van der Waals surface area contributed by atoms with Gasteiger partial charge in [-0.25, -0.2) is 9.87 Å². The molecule has 4 N–H and O–H groups in total. The fourth-order valence-electron chi connectivity index (χ4n) is 3.42. The molecule has 0 saturated heterocycles. The van der Waals surface area contributed by atoms with E-state index < -0.39 is 24.4 Å².